The number of thiazole rings is 1. The van der Waals surface area contributed by atoms with Gasteiger partial charge in [0.05, 0.1) is 22.7 Å². The molecule has 0 unspecified atom stereocenters. The Labute approximate surface area is 172 Å². The van der Waals surface area contributed by atoms with Crippen LogP contribution in [0.2, 0.25) is 5.02 Å². The third kappa shape index (κ3) is 4.11. The summed E-state index contributed by atoms with van der Waals surface area (Å²) in [7, 11) is 0. The lowest BCUT2D eigenvalue weighted by Gasteiger charge is -2.09. The smallest absolute Gasteiger partial charge is 0.323 e. The lowest BCUT2D eigenvalue weighted by Crippen LogP contribution is -2.04. The van der Waals surface area contributed by atoms with Crippen LogP contribution in [0.5, 0.6) is 0 Å². The molecular formula is C20H12ClF3N2S2. The Bertz CT molecular complexity index is 1140. The normalized spacial score (nSPS) is 11.7. The van der Waals surface area contributed by atoms with Gasteiger partial charge in [-0.2, -0.15) is 13.2 Å². The van der Waals surface area contributed by atoms with E-state index in [1.165, 1.54) is 17.4 Å². The van der Waals surface area contributed by atoms with E-state index in [0.717, 1.165) is 21.3 Å². The number of anilines is 1. The maximum absolute atomic E-state index is 12.3. The first-order valence-electron chi connectivity index (χ1n) is 8.15. The Balaban J connectivity index is 1.64. The molecule has 0 atom stereocenters. The minimum absolute atomic E-state index is 0.278. The van der Waals surface area contributed by atoms with E-state index in [0.29, 0.717) is 16.3 Å². The van der Waals surface area contributed by atoms with Crippen molar-refractivity contribution in [2.24, 2.45) is 0 Å². The first-order chi connectivity index (χ1) is 13.4. The van der Waals surface area contributed by atoms with Crippen molar-refractivity contribution in [3.05, 3.63) is 71.1 Å². The predicted molar refractivity (Wildman–Crippen MR) is 113 cm³/mol. The van der Waals surface area contributed by atoms with Gasteiger partial charge in [-0.25, -0.2) is 4.98 Å². The number of halogens is 4. The Kier molecular flexibility index (Phi) is 5.23. The van der Waals surface area contributed by atoms with E-state index in [1.54, 1.807) is 12.1 Å². The lowest BCUT2D eigenvalue weighted by molar-refractivity contribution is -0.0323. The SMILES string of the molecule is FC(F)(F)SNc1ccc(-c2csc(-c3cccc4ccccc34)n2)c(Cl)c1. The van der Waals surface area contributed by atoms with Gasteiger partial charge < -0.3 is 4.72 Å². The van der Waals surface area contributed by atoms with Gasteiger partial charge in [-0.05, 0) is 29.0 Å². The van der Waals surface area contributed by atoms with Gasteiger partial charge in [0.15, 0.2) is 0 Å². The van der Waals surface area contributed by atoms with E-state index in [4.69, 9.17) is 16.6 Å². The Morgan fingerprint density at radius 2 is 1.75 bits per heavy atom. The third-order valence-electron chi connectivity index (χ3n) is 4.05. The molecule has 3 aromatic carbocycles. The second-order valence-electron chi connectivity index (χ2n) is 5.91. The molecule has 0 spiro atoms. The van der Waals surface area contributed by atoms with Crippen LogP contribution in [0, 0.1) is 0 Å². The summed E-state index contributed by atoms with van der Waals surface area (Å²) in [5.74, 6) is 0. The van der Waals surface area contributed by atoms with Crippen molar-refractivity contribution in [1.82, 2.24) is 4.98 Å². The van der Waals surface area contributed by atoms with Crippen molar-refractivity contribution in [1.29, 1.82) is 0 Å². The summed E-state index contributed by atoms with van der Waals surface area (Å²) in [5.41, 5.74) is -1.70. The lowest BCUT2D eigenvalue weighted by atomic mass is 10.1. The van der Waals surface area contributed by atoms with Crippen molar-refractivity contribution < 1.29 is 13.2 Å². The topological polar surface area (TPSA) is 24.9 Å². The summed E-state index contributed by atoms with van der Waals surface area (Å²) in [6.07, 6.45) is 0. The summed E-state index contributed by atoms with van der Waals surface area (Å²) >= 11 is 7.48. The molecule has 8 heteroatoms. The summed E-state index contributed by atoms with van der Waals surface area (Å²) in [6, 6.07) is 18.8. The first kappa shape index (κ1) is 19.1. The van der Waals surface area contributed by atoms with Crippen LogP contribution in [-0.4, -0.2) is 10.5 Å². The molecule has 0 saturated heterocycles. The minimum atomic E-state index is -4.37. The molecule has 1 N–H and O–H groups in total. The molecule has 1 heterocycles. The maximum atomic E-state index is 12.3. The number of alkyl halides is 3. The average Bonchev–Trinajstić information content (AvgIpc) is 3.15. The molecular weight excluding hydrogens is 425 g/mol. The molecule has 142 valence electrons. The zero-order valence-corrected chi connectivity index (χ0v) is 16.5. The molecule has 0 aliphatic rings. The number of nitrogens with zero attached hydrogens (tertiary/aromatic N) is 1. The number of aromatic nitrogens is 1. The molecule has 0 amide bonds. The van der Waals surface area contributed by atoms with Crippen LogP contribution in [0.25, 0.3) is 32.6 Å². The summed E-state index contributed by atoms with van der Waals surface area (Å²) in [4.78, 5) is 4.71. The highest BCUT2D eigenvalue weighted by Gasteiger charge is 2.29. The summed E-state index contributed by atoms with van der Waals surface area (Å²) < 4.78 is 39.2. The molecule has 0 fully saturated rings. The van der Waals surface area contributed by atoms with Crippen LogP contribution in [0.4, 0.5) is 18.9 Å². The van der Waals surface area contributed by atoms with Crippen molar-refractivity contribution in [2.75, 3.05) is 4.72 Å². The van der Waals surface area contributed by atoms with Crippen LogP contribution < -0.4 is 4.72 Å². The number of hydrogen-bond donors (Lipinski definition) is 1. The molecule has 0 aliphatic carbocycles. The number of benzene rings is 3. The second-order valence-corrected chi connectivity index (χ2v) is 8.05. The largest absolute Gasteiger partial charge is 0.461 e. The summed E-state index contributed by atoms with van der Waals surface area (Å²) in [5, 5.41) is 5.34. The first-order valence-corrected chi connectivity index (χ1v) is 10.2. The Hall–Kier alpha value is -2.22. The van der Waals surface area contributed by atoms with Crippen molar-refractivity contribution in [2.45, 2.75) is 5.51 Å². The van der Waals surface area contributed by atoms with Crippen molar-refractivity contribution in [3.63, 3.8) is 0 Å². The zero-order valence-electron chi connectivity index (χ0n) is 14.1. The fourth-order valence-electron chi connectivity index (χ4n) is 2.84. The van der Waals surface area contributed by atoms with Crippen LogP contribution >= 0.6 is 34.9 Å². The molecule has 4 rings (SSSR count). The standard InChI is InChI=1S/C20H12ClF3N2S2/c21-17-10-13(26-28-20(22,23)24)8-9-16(17)18-11-27-19(25-18)15-7-3-5-12-4-1-2-6-14(12)15/h1-11,26H. The van der Waals surface area contributed by atoms with Gasteiger partial charge in [0, 0.05) is 22.2 Å². The third-order valence-corrected chi connectivity index (χ3v) is 5.81. The molecule has 0 aliphatic heterocycles. The van der Waals surface area contributed by atoms with Crippen LogP contribution in [0.15, 0.2) is 66.0 Å². The van der Waals surface area contributed by atoms with Gasteiger partial charge in [0.1, 0.15) is 5.01 Å². The van der Waals surface area contributed by atoms with E-state index in [9.17, 15) is 13.2 Å². The molecule has 0 bridgehead atoms. The van der Waals surface area contributed by atoms with Crippen molar-refractivity contribution in [3.8, 4) is 21.8 Å². The summed E-state index contributed by atoms with van der Waals surface area (Å²) in [6.45, 7) is 0. The highest BCUT2D eigenvalue weighted by molar-refractivity contribution is 8.01. The molecule has 0 radical (unpaired) electrons. The van der Waals surface area contributed by atoms with E-state index in [1.807, 2.05) is 29.6 Å². The number of fused-ring (bicyclic) bond motifs is 1. The van der Waals surface area contributed by atoms with Gasteiger partial charge >= 0.3 is 5.51 Å². The molecule has 2 nitrogen and oxygen atoms in total. The van der Waals surface area contributed by atoms with Gasteiger partial charge in [-0.3, -0.25) is 0 Å². The number of nitrogens with one attached hydrogen (secondary N) is 1. The Morgan fingerprint density at radius 3 is 2.54 bits per heavy atom. The minimum Gasteiger partial charge on any atom is -0.323 e. The highest BCUT2D eigenvalue weighted by atomic mass is 35.5. The average molecular weight is 437 g/mol. The number of rotatable bonds is 4. The fraction of sp³-hybridized carbons (Fsp3) is 0.0500. The van der Waals surface area contributed by atoms with Gasteiger partial charge in [0.2, 0.25) is 0 Å². The van der Waals surface area contributed by atoms with Crippen LogP contribution in [0.1, 0.15) is 0 Å². The molecule has 1 aromatic heterocycles. The van der Waals surface area contributed by atoms with E-state index in [2.05, 4.69) is 22.9 Å². The van der Waals surface area contributed by atoms with E-state index < -0.39 is 5.51 Å². The van der Waals surface area contributed by atoms with Gasteiger partial charge in [-0.1, -0.05) is 54.1 Å². The quantitative estimate of drug-likeness (QED) is 0.329. The highest BCUT2D eigenvalue weighted by Crippen LogP contribution is 2.37. The second kappa shape index (κ2) is 7.66. The van der Waals surface area contributed by atoms with E-state index in [-0.39, 0.29) is 17.6 Å². The van der Waals surface area contributed by atoms with Gasteiger partial charge in [0.25, 0.3) is 0 Å². The van der Waals surface area contributed by atoms with Crippen molar-refractivity contribution >= 4 is 51.3 Å². The Morgan fingerprint density at radius 1 is 0.964 bits per heavy atom. The van der Waals surface area contributed by atoms with E-state index >= 15 is 0 Å². The predicted octanol–water partition coefficient (Wildman–Crippen LogP) is 7.86. The molecule has 28 heavy (non-hydrogen) atoms. The maximum Gasteiger partial charge on any atom is 0.461 e. The van der Waals surface area contributed by atoms with Crippen LogP contribution in [0.3, 0.4) is 0 Å². The monoisotopic (exact) mass is 436 g/mol. The zero-order chi connectivity index (χ0) is 19.7. The molecule has 0 saturated carbocycles. The molecule has 4 aromatic rings. The number of hydrogen-bond acceptors (Lipinski definition) is 4. The van der Waals surface area contributed by atoms with Gasteiger partial charge in [-0.15, -0.1) is 11.3 Å². The fourth-order valence-corrected chi connectivity index (χ4v) is 4.33. The van der Waals surface area contributed by atoms with Crippen LogP contribution in [-0.2, 0) is 0 Å².